The molecule has 0 bridgehead atoms. The summed E-state index contributed by atoms with van der Waals surface area (Å²) in [5, 5.41) is 6.63. The fraction of sp³-hybridized carbons (Fsp3) is 0.667. The van der Waals surface area contributed by atoms with Gasteiger partial charge < -0.3 is 10.2 Å². The third-order valence-electron chi connectivity index (χ3n) is 4.49. The molecule has 22 heavy (non-hydrogen) atoms. The third kappa shape index (κ3) is 3.30. The van der Waals surface area contributed by atoms with E-state index in [0.717, 1.165) is 25.9 Å². The summed E-state index contributed by atoms with van der Waals surface area (Å²) in [5.74, 6) is -0.635. The molecule has 0 saturated carbocycles. The summed E-state index contributed by atoms with van der Waals surface area (Å²) in [6.07, 6.45) is 6.29. The number of aryl methyl sites for hydroxylation is 1. The van der Waals surface area contributed by atoms with Crippen molar-refractivity contribution in [1.29, 1.82) is 0 Å². The van der Waals surface area contributed by atoms with Crippen molar-refractivity contribution in [2.24, 2.45) is 7.05 Å². The van der Waals surface area contributed by atoms with Crippen LogP contribution in [0.15, 0.2) is 12.3 Å². The van der Waals surface area contributed by atoms with Crippen LogP contribution < -0.4 is 5.32 Å². The van der Waals surface area contributed by atoms with Crippen LogP contribution in [0, 0.1) is 0 Å². The Morgan fingerprint density at radius 2 is 2.00 bits per heavy atom. The first kappa shape index (κ1) is 15.0. The summed E-state index contributed by atoms with van der Waals surface area (Å²) in [7, 11) is 1.77. The monoisotopic (exact) mass is 305 g/mol. The van der Waals surface area contributed by atoms with Crippen LogP contribution in [0.1, 0.15) is 25.7 Å². The lowest BCUT2D eigenvalue weighted by Gasteiger charge is -2.37. The standard InChI is InChI=1S/C15H23N5O2/c1-18-10-6-13(17-18)16-14(21)15(22)20-9-4-5-12(11-20)19-7-2-3-8-19/h6,10,12H,2-5,7-9,11H2,1H3,(H,16,17,21)/t12-/m1/s1. The molecule has 7 heteroatoms. The Hall–Kier alpha value is -1.89. The number of nitrogens with zero attached hydrogens (tertiary/aromatic N) is 4. The van der Waals surface area contributed by atoms with E-state index >= 15 is 0 Å². The summed E-state index contributed by atoms with van der Waals surface area (Å²) < 4.78 is 1.59. The lowest BCUT2D eigenvalue weighted by molar-refractivity contribution is -0.144. The number of piperidine rings is 1. The van der Waals surface area contributed by atoms with Crippen molar-refractivity contribution in [3.05, 3.63) is 12.3 Å². The minimum absolute atomic E-state index is 0.405. The molecule has 2 aliphatic rings. The van der Waals surface area contributed by atoms with E-state index in [1.165, 1.54) is 12.8 Å². The number of aromatic nitrogens is 2. The normalized spacial score (nSPS) is 22.8. The Morgan fingerprint density at radius 1 is 1.23 bits per heavy atom. The molecule has 1 atom stereocenters. The first-order valence-electron chi connectivity index (χ1n) is 7.97. The zero-order valence-corrected chi connectivity index (χ0v) is 13.0. The smallest absolute Gasteiger partial charge is 0.315 e. The lowest BCUT2D eigenvalue weighted by Crippen LogP contribution is -2.51. The second-order valence-electron chi connectivity index (χ2n) is 6.12. The molecule has 0 unspecified atom stereocenters. The first-order chi connectivity index (χ1) is 10.6. The number of rotatable bonds is 2. The van der Waals surface area contributed by atoms with Crippen molar-refractivity contribution in [3.8, 4) is 0 Å². The fourth-order valence-corrected chi connectivity index (χ4v) is 3.34. The van der Waals surface area contributed by atoms with Gasteiger partial charge in [-0.25, -0.2) is 0 Å². The molecule has 3 rings (SSSR count). The fourth-order valence-electron chi connectivity index (χ4n) is 3.34. The number of hydrogen-bond acceptors (Lipinski definition) is 4. The van der Waals surface area contributed by atoms with Crippen LogP contribution in [-0.4, -0.2) is 63.6 Å². The molecular formula is C15H23N5O2. The van der Waals surface area contributed by atoms with Gasteiger partial charge in [0.25, 0.3) is 0 Å². The molecule has 2 amide bonds. The highest BCUT2D eigenvalue weighted by molar-refractivity contribution is 6.39. The maximum absolute atomic E-state index is 12.3. The summed E-state index contributed by atoms with van der Waals surface area (Å²) in [6, 6.07) is 2.08. The van der Waals surface area contributed by atoms with Gasteiger partial charge in [0, 0.05) is 38.4 Å². The van der Waals surface area contributed by atoms with Gasteiger partial charge >= 0.3 is 11.8 Å². The van der Waals surface area contributed by atoms with Gasteiger partial charge in [-0.15, -0.1) is 0 Å². The number of anilines is 1. The van der Waals surface area contributed by atoms with Crippen LogP contribution in [0.2, 0.25) is 0 Å². The predicted molar refractivity (Wildman–Crippen MR) is 82.2 cm³/mol. The lowest BCUT2D eigenvalue weighted by atomic mass is 10.0. The van der Waals surface area contributed by atoms with Gasteiger partial charge in [-0.2, -0.15) is 5.10 Å². The largest absolute Gasteiger partial charge is 0.333 e. The van der Waals surface area contributed by atoms with E-state index in [1.54, 1.807) is 28.9 Å². The highest BCUT2D eigenvalue weighted by Crippen LogP contribution is 2.20. The van der Waals surface area contributed by atoms with Crippen LogP contribution >= 0.6 is 0 Å². The Morgan fingerprint density at radius 3 is 2.68 bits per heavy atom. The zero-order chi connectivity index (χ0) is 15.5. The van der Waals surface area contributed by atoms with Crippen LogP contribution in [0.25, 0.3) is 0 Å². The van der Waals surface area contributed by atoms with Gasteiger partial charge in [-0.05, 0) is 38.8 Å². The Labute approximate surface area is 130 Å². The molecule has 0 aliphatic carbocycles. The van der Waals surface area contributed by atoms with E-state index in [0.29, 0.717) is 24.9 Å². The SMILES string of the molecule is Cn1ccc(NC(=O)C(=O)N2CCC[C@@H](N3CCCC3)C2)n1. The van der Waals surface area contributed by atoms with Gasteiger partial charge in [0.05, 0.1) is 0 Å². The van der Waals surface area contributed by atoms with Gasteiger partial charge in [0.1, 0.15) is 0 Å². The summed E-state index contributed by atoms with van der Waals surface area (Å²) >= 11 is 0. The molecule has 2 aliphatic heterocycles. The summed E-state index contributed by atoms with van der Waals surface area (Å²) in [4.78, 5) is 28.6. The predicted octanol–water partition coefficient (Wildman–Crippen LogP) is 0.445. The number of likely N-dealkylation sites (tertiary alicyclic amines) is 2. The van der Waals surface area contributed by atoms with Crippen LogP contribution in [0.3, 0.4) is 0 Å². The van der Waals surface area contributed by atoms with Crippen molar-refractivity contribution in [2.75, 3.05) is 31.5 Å². The summed E-state index contributed by atoms with van der Waals surface area (Å²) in [5.41, 5.74) is 0. The van der Waals surface area contributed by atoms with E-state index in [4.69, 9.17) is 0 Å². The molecule has 2 fully saturated rings. The van der Waals surface area contributed by atoms with Crippen molar-refractivity contribution >= 4 is 17.6 Å². The molecule has 2 saturated heterocycles. The van der Waals surface area contributed by atoms with Crippen molar-refractivity contribution < 1.29 is 9.59 Å². The van der Waals surface area contributed by atoms with Crippen LogP contribution in [0.4, 0.5) is 5.82 Å². The molecule has 120 valence electrons. The molecule has 1 aromatic rings. The number of carbonyl (C=O) groups excluding carboxylic acids is 2. The average Bonchev–Trinajstić information content (AvgIpc) is 3.18. The molecule has 7 nitrogen and oxygen atoms in total. The second-order valence-corrected chi connectivity index (χ2v) is 6.12. The van der Waals surface area contributed by atoms with E-state index < -0.39 is 11.8 Å². The van der Waals surface area contributed by atoms with Crippen molar-refractivity contribution in [1.82, 2.24) is 19.6 Å². The number of hydrogen-bond donors (Lipinski definition) is 1. The minimum Gasteiger partial charge on any atom is -0.333 e. The molecule has 0 radical (unpaired) electrons. The maximum atomic E-state index is 12.3. The molecule has 0 spiro atoms. The van der Waals surface area contributed by atoms with Gasteiger partial charge in [-0.3, -0.25) is 19.2 Å². The van der Waals surface area contributed by atoms with Gasteiger partial charge in [-0.1, -0.05) is 0 Å². The topological polar surface area (TPSA) is 70.5 Å². The maximum Gasteiger partial charge on any atom is 0.315 e. The van der Waals surface area contributed by atoms with E-state index in [1.807, 2.05) is 0 Å². The molecular weight excluding hydrogens is 282 g/mol. The Balaban J connectivity index is 1.57. The summed E-state index contributed by atoms with van der Waals surface area (Å²) in [6.45, 7) is 3.56. The van der Waals surface area contributed by atoms with Crippen molar-refractivity contribution in [3.63, 3.8) is 0 Å². The molecule has 3 heterocycles. The molecule has 1 aromatic heterocycles. The number of amides is 2. The minimum atomic E-state index is -0.597. The van der Waals surface area contributed by atoms with E-state index in [9.17, 15) is 9.59 Å². The molecule has 0 aromatic carbocycles. The van der Waals surface area contributed by atoms with E-state index in [-0.39, 0.29) is 0 Å². The average molecular weight is 305 g/mol. The van der Waals surface area contributed by atoms with Crippen LogP contribution in [0.5, 0.6) is 0 Å². The van der Waals surface area contributed by atoms with Gasteiger partial charge in [0.15, 0.2) is 5.82 Å². The number of nitrogens with one attached hydrogen (secondary N) is 1. The number of carbonyl (C=O) groups is 2. The quantitative estimate of drug-likeness (QED) is 0.805. The Kier molecular flexibility index (Phi) is 4.42. The highest BCUT2D eigenvalue weighted by atomic mass is 16.2. The Bertz CT molecular complexity index is 550. The highest BCUT2D eigenvalue weighted by Gasteiger charge is 2.31. The second kappa shape index (κ2) is 6.48. The van der Waals surface area contributed by atoms with E-state index in [2.05, 4.69) is 15.3 Å². The first-order valence-corrected chi connectivity index (χ1v) is 7.97. The third-order valence-corrected chi connectivity index (χ3v) is 4.49. The zero-order valence-electron chi connectivity index (χ0n) is 13.0. The molecule has 1 N–H and O–H groups in total. The van der Waals surface area contributed by atoms with Crippen molar-refractivity contribution in [2.45, 2.75) is 31.7 Å². The van der Waals surface area contributed by atoms with Gasteiger partial charge in [0.2, 0.25) is 0 Å². The van der Waals surface area contributed by atoms with Crippen LogP contribution in [-0.2, 0) is 16.6 Å².